The van der Waals surface area contributed by atoms with Crippen molar-refractivity contribution in [1.82, 2.24) is 9.55 Å². The molecule has 1 N–H and O–H groups in total. The van der Waals surface area contributed by atoms with Gasteiger partial charge < -0.3 is 10.1 Å². The van der Waals surface area contributed by atoms with Crippen LogP contribution in [0.3, 0.4) is 0 Å². The third-order valence-corrected chi connectivity index (χ3v) is 4.10. The van der Waals surface area contributed by atoms with Crippen LogP contribution < -0.4 is 10.9 Å². The number of aryl methyl sites for hydroxylation is 1. The van der Waals surface area contributed by atoms with E-state index < -0.39 is 35.5 Å². The number of nitrogens with one attached hydrogen (secondary N) is 1. The number of carbonyl (C=O) groups is 2. The molecule has 0 saturated carbocycles. The average Bonchev–Trinajstić information content (AvgIpc) is 2.70. The number of fused-ring (bicyclic) bond motifs is 1. The number of nitro groups is 1. The molecule has 0 fully saturated rings. The fourth-order valence-corrected chi connectivity index (χ4v) is 2.59. The van der Waals surface area contributed by atoms with E-state index >= 15 is 0 Å². The van der Waals surface area contributed by atoms with Crippen LogP contribution in [0.1, 0.15) is 5.56 Å². The second-order valence-electron chi connectivity index (χ2n) is 6.16. The first kappa shape index (κ1) is 19.7. The molecule has 2 aromatic carbocycles. The van der Waals surface area contributed by atoms with Gasteiger partial charge in [0.25, 0.3) is 17.2 Å². The van der Waals surface area contributed by atoms with Gasteiger partial charge in [-0.15, -0.1) is 0 Å². The molecule has 0 bridgehead atoms. The highest BCUT2D eigenvalue weighted by Gasteiger charge is 2.14. The highest BCUT2D eigenvalue weighted by Crippen LogP contribution is 2.21. The van der Waals surface area contributed by atoms with Crippen LogP contribution in [0.25, 0.3) is 10.9 Å². The van der Waals surface area contributed by atoms with Crippen LogP contribution in [-0.2, 0) is 20.9 Å². The first-order valence-corrected chi connectivity index (χ1v) is 8.50. The predicted molar refractivity (Wildman–Crippen MR) is 103 cm³/mol. The summed E-state index contributed by atoms with van der Waals surface area (Å²) in [6.45, 7) is 0.668. The number of nitrogens with zero attached hydrogens (tertiary/aromatic N) is 3. The molecule has 0 unspecified atom stereocenters. The largest absolute Gasteiger partial charge is 0.454 e. The van der Waals surface area contributed by atoms with E-state index in [-0.39, 0.29) is 11.4 Å². The van der Waals surface area contributed by atoms with Crippen molar-refractivity contribution in [3.8, 4) is 0 Å². The minimum absolute atomic E-state index is 0.175. The van der Waals surface area contributed by atoms with Gasteiger partial charge in [0.1, 0.15) is 6.54 Å². The number of para-hydroxylation sites is 1. The molecule has 3 rings (SSSR count). The molecule has 0 saturated heterocycles. The number of rotatable bonds is 6. The van der Waals surface area contributed by atoms with Crippen LogP contribution in [0.2, 0.25) is 0 Å². The zero-order valence-corrected chi connectivity index (χ0v) is 15.3. The van der Waals surface area contributed by atoms with Gasteiger partial charge in [-0.1, -0.05) is 18.2 Å². The summed E-state index contributed by atoms with van der Waals surface area (Å²) >= 11 is 0. The van der Waals surface area contributed by atoms with Crippen molar-refractivity contribution in [3.63, 3.8) is 0 Å². The number of anilines is 1. The Morgan fingerprint density at radius 1 is 1.24 bits per heavy atom. The Hall–Kier alpha value is -4.08. The number of nitro benzene ring substituents is 1. The van der Waals surface area contributed by atoms with Crippen molar-refractivity contribution in [2.45, 2.75) is 13.5 Å². The van der Waals surface area contributed by atoms with E-state index in [1.54, 1.807) is 31.2 Å². The Balaban J connectivity index is 1.61. The van der Waals surface area contributed by atoms with Crippen LogP contribution in [0.15, 0.2) is 53.6 Å². The van der Waals surface area contributed by atoms with Crippen molar-refractivity contribution in [2.24, 2.45) is 0 Å². The summed E-state index contributed by atoms with van der Waals surface area (Å²) < 4.78 is 5.98. The minimum atomic E-state index is -0.796. The van der Waals surface area contributed by atoms with Crippen LogP contribution in [0.5, 0.6) is 0 Å². The number of ether oxygens (including phenoxy) is 1. The molecule has 0 aliphatic heterocycles. The standard InChI is InChI=1S/C19H16N4O6/c1-12-6-7-13(23(27)28)8-16(12)21-17(24)10-29-18(25)9-22-11-20-15-5-3-2-4-14(15)19(22)26/h2-8,11H,9-10H2,1H3,(H,21,24). The first-order chi connectivity index (χ1) is 13.8. The summed E-state index contributed by atoms with van der Waals surface area (Å²) in [7, 11) is 0. The normalized spacial score (nSPS) is 10.5. The van der Waals surface area contributed by atoms with Crippen molar-refractivity contribution >= 4 is 34.2 Å². The van der Waals surface area contributed by atoms with E-state index in [2.05, 4.69) is 10.3 Å². The third kappa shape index (κ3) is 4.61. The molecule has 0 atom stereocenters. The number of esters is 1. The molecule has 1 aromatic heterocycles. The van der Waals surface area contributed by atoms with E-state index in [0.717, 1.165) is 4.57 Å². The highest BCUT2D eigenvalue weighted by molar-refractivity contribution is 5.93. The molecule has 29 heavy (non-hydrogen) atoms. The quantitative estimate of drug-likeness (QED) is 0.381. The summed E-state index contributed by atoms with van der Waals surface area (Å²) in [6, 6.07) is 10.7. The number of amides is 1. The van der Waals surface area contributed by atoms with Crippen molar-refractivity contribution in [2.75, 3.05) is 11.9 Å². The van der Waals surface area contributed by atoms with Gasteiger partial charge in [-0.25, -0.2) is 4.98 Å². The van der Waals surface area contributed by atoms with Gasteiger partial charge in [0, 0.05) is 12.1 Å². The lowest BCUT2D eigenvalue weighted by Crippen LogP contribution is -2.28. The Bertz CT molecular complexity index is 1170. The fourth-order valence-electron chi connectivity index (χ4n) is 2.59. The minimum Gasteiger partial charge on any atom is -0.454 e. The lowest BCUT2D eigenvalue weighted by molar-refractivity contribution is -0.384. The summed E-state index contributed by atoms with van der Waals surface area (Å²) in [5.74, 6) is -1.46. The number of carbonyl (C=O) groups excluding carboxylic acids is 2. The topological polar surface area (TPSA) is 133 Å². The van der Waals surface area contributed by atoms with Gasteiger partial charge in [-0.3, -0.25) is 29.1 Å². The van der Waals surface area contributed by atoms with Gasteiger partial charge in [-0.05, 0) is 24.6 Å². The van der Waals surface area contributed by atoms with Crippen molar-refractivity contribution < 1.29 is 19.2 Å². The number of hydrogen-bond donors (Lipinski definition) is 1. The van der Waals surface area contributed by atoms with E-state index in [4.69, 9.17) is 4.74 Å². The Labute approximate surface area is 163 Å². The number of hydrogen-bond acceptors (Lipinski definition) is 7. The van der Waals surface area contributed by atoms with Crippen LogP contribution in [-0.4, -0.2) is 33.0 Å². The van der Waals surface area contributed by atoms with Crippen LogP contribution in [0, 0.1) is 17.0 Å². The predicted octanol–water partition coefficient (Wildman–Crippen LogP) is 1.80. The lowest BCUT2D eigenvalue weighted by Gasteiger charge is -2.10. The molecule has 10 heteroatoms. The Kier molecular flexibility index (Phi) is 5.63. The fraction of sp³-hybridized carbons (Fsp3) is 0.158. The molecule has 1 amide bonds. The van der Waals surface area contributed by atoms with E-state index in [9.17, 15) is 24.5 Å². The second kappa shape index (κ2) is 8.30. The monoisotopic (exact) mass is 396 g/mol. The molecule has 3 aromatic rings. The van der Waals surface area contributed by atoms with Crippen LogP contribution >= 0.6 is 0 Å². The Morgan fingerprint density at radius 2 is 2.00 bits per heavy atom. The maximum absolute atomic E-state index is 12.3. The number of non-ortho nitro benzene ring substituents is 1. The van der Waals surface area contributed by atoms with E-state index in [1.165, 1.54) is 24.5 Å². The smallest absolute Gasteiger partial charge is 0.326 e. The maximum Gasteiger partial charge on any atom is 0.326 e. The highest BCUT2D eigenvalue weighted by atomic mass is 16.6. The molecule has 1 heterocycles. The molecular formula is C19H16N4O6. The van der Waals surface area contributed by atoms with Crippen LogP contribution in [0.4, 0.5) is 11.4 Å². The van der Waals surface area contributed by atoms with Gasteiger partial charge >= 0.3 is 5.97 Å². The Morgan fingerprint density at radius 3 is 2.76 bits per heavy atom. The molecule has 148 valence electrons. The average molecular weight is 396 g/mol. The second-order valence-corrected chi connectivity index (χ2v) is 6.16. The molecular weight excluding hydrogens is 380 g/mol. The number of benzene rings is 2. The SMILES string of the molecule is Cc1ccc([N+](=O)[O-])cc1NC(=O)COC(=O)Cn1cnc2ccccc2c1=O. The summed E-state index contributed by atoms with van der Waals surface area (Å²) in [6.07, 6.45) is 1.23. The zero-order chi connectivity index (χ0) is 21.0. The van der Waals surface area contributed by atoms with Gasteiger partial charge in [0.05, 0.1) is 27.8 Å². The van der Waals surface area contributed by atoms with Gasteiger partial charge in [-0.2, -0.15) is 0 Å². The zero-order valence-electron chi connectivity index (χ0n) is 15.3. The molecule has 0 aliphatic carbocycles. The van der Waals surface area contributed by atoms with Crippen molar-refractivity contribution in [3.05, 3.63) is 74.8 Å². The molecule has 10 nitrogen and oxygen atoms in total. The van der Waals surface area contributed by atoms with E-state index in [1.807, 2.05) is 0 Å². The summed E-state index contributed by atoms with van der Waals surface area (Å²) in [5, 5.41) is 13.7. The van der Waals surface area contributed by atoms with Crippen molar-refractivity contribution in [1.29, 1.82) is 0 Å². The third-order valence-electron chi connectivity index (χ3n) is 4.10. The molecule has 0 aliphatic rings. The van der Waals surface area contributed by atoms with E-state index in [0.29, 0.717) is 16.5 Å². The number of aromatic nitrogens is 2. The van der Waals surface area contributed by atoms with Gasteiger partial charge in [0.15, 0.2) is 6.61 Å². The first-order valence-electron chi connectivity index (χ1n) is 8.50. The summed E-state index contributed by atoms with van der Waals surface area (Å²) in [4.78, 5) is 50.7. The maximum atomic E-state index is 12.3. The molecule has 0 radical (unpaired) electrons. The summed E-state index contributed by atoms with van der Waals surface area (Å²) in [5.41, 5.74) is 0.795. The lowest BCUT2D eigenvalue weighted by atomic mass is 10.2. The van der Waals surface area contributed by atoms with Gasteiger partial charge in [0.2, 0.25) is 0 Å². The molecule has 0 spiro atoms.